The second-order valence-corrected chi connectivity index (χ2v) is 4.69. The monoisotopic (exact) mass is 298 g/mol. The number of para-hydroxylation sites is 1. The Kier molecular flexibility index (Phi) is 3.97. The number of nitrogens with one attached hydrogen (secondary N) is 1. The van der Waals surface area contributed by atoms with Gasteiger partial charge in [-0.2, -0.15) is 13.2 Å². The Labute approximate surface area is 118 Å². The zero-order valence-electron chi connectivity index (χ0n) is 11.3. The maximum atomic E-state index is 12.9. The third kappa shape index (κ3) is 3.39. The molecule has 112 valence electrons. The summed E-state index contributed by atoms with van der Waals surface area (Å²) < 4.78 is 39.7. The average Bonchev–Trinajstić information content (AvgIpc) is 2.86. The van der Waals surface area contributed by atoms with E-state index in [9.17, 15) is 18.0 Å². The summed E-state index contributed by atoms with van der Waals surface area (Å²) in [4.78, 5) is 11.7. The van der Waals surface area contributed by atoms with E-state index in [0.717, 1.165) is 10.7 Å². The van der Waals surface area contributed by atoms with Gasteiger partial charge in [-0.3, -0.25) is 4.79 Å². The van der Waals surface area contributed by atoms with Gasteiger partial charge in [0.15, 0.2) is 5.69 Å². The zero-order chi connectivity index (χ0) is 15.6. The Morgan fingerprint density at radius 1 is 1.29 bits per heavy atom. The van der Waals surface area contributed by atoms with Gasteiger partial charge in [0, 0.05) is 6.04 Å². The van der Waals surface area contributed by atoms with Gasteiger partial charge < -0.3 is 5.32 Å². The van der Waals surface area contributed by atoms with E-state index in [0.29, 0.717) is 0 Å². The first kappa shape index (κ1) is 15.0. The van der Waals surface area contributed by atoms with Gasteiger partial charge in [-0.05, 0) is 26.0 Å². The van der Waals surface area contributed by atoms with Crippen LogP contribution in [0.25, 0.3) is 5.69 Å². The average molecular weight is 298 g/mol. The number of benzene rings is 1. The van der Waals surface area contributed by atoms with E-state index in [-0.39, 0.29) is 17.4 Å². The first-order chi connectivity index (χ1) is 9.79. The molecule has 0 aliphatic heterocycles. The molecule has 0 unspecified atom stereocenters. The summed E-state index contributed by atoms with van der Waals surface area (Å²) in [7, 11) is 0. The molecule has 1 heterocycles. The van der Waals surface area contributed by atoms with Crippen molar-refractivity contribution in [2.75, 3.05) is 0 Å². The van der Waals surface area contributed by atoms with Gasteiger partial charge in [-0.1, -0.05) is 17.3 Å². The number of aromatic nitrogens is 3. The highest BCUT2D eigenvalue weighted by Gasteiger charge is 2.34. The van der Waals surface area contributed by atoms with Crippen molar-refractivity contribution in [2.45, 2.75) is 26.1 Å². The number of carbonyl (C=O) groups is 1. The minimum absolute atomic E-state index is 0.0410. The SMILES string of the molecule is CC(C)NC(=O)c1cn(-c2ccccc2C(F)(F)F)nn1. The normalized spacial score (nSPS) is 11.7. The topological polar surface area (TPSA) is 59.8 Å². The van der Waals surface area contributed by atoms with Crippen LogP contribution < -0.4 is 5.32 Å². The van der Waals surface area contributed by atoms with E-state index < -0.39 is 17.6 Å². The van der Waals surface area contributed by atoms with Crippen LogP contribution in [0.1, 0.15) is 29.9 Å². The van der Waals surface area contributed by atoms with Gasteiger partial charge in [-0.25, -0.2) is 4.68 Å². The Hall–Kier alpha value is -2.38. The van der Waals surface area contributed by atoms with Gasteiger partial charge in [0.1, 0.15) is 0 Å². The third-order valence-corrected chi connectivity index (χ3v) is 2.60. The van der Waals surface area contributed by atoms with Crippen LogP contribution in [0.4, 0.5) is 13.2 Å². The summed E-state index contributed by atoms with van der Waals surface area (Å²) in [6.45, 7) is 3.53. The van der Waals surface area contributed by atoms with E-state index in [1.165, 1.54) is 24.4 Å². The van der Waals surface area contributed by atoms with Gasteiger partial charge in [0.25, 0.3) is 5.91 Å². The van der Waals surface area contributed by atoms with Gasteiger partial charge in [0.2, 0.25) is 0 Å². The molecule has 0 aliphatic rings. The van der Waals surface area contributed by atoms with Crippen LogP contribution in [-0.2, 0) is 6.18 Å². The molecular weight excluding hydrogens is 285 g/mol. The van der Waals surface area contributed by atoms with E-state index in [2.05, 4.69) is 15.6 Å². The predicted octanol–water partition coefficient (Wildman–Crippen LogP) is 2.42. The second-order valence-electron chi connectivity index (χ2n) is 4.69. The van der Waals surface area contributed by atoms with Gasteiger partial charge >= 0.3 is 6.18 Å². The lowest BCUT2D eigenvalue weighted by atomic mass is 10.1. The summed E-state index contributed by atoms with van der Waals surface area (Å²) in [6.07, 6.45) is -3.34. The predicted molar refractivity (Wildman–Crippen MR) is 69.0 cm³/mol. The van der Waals surface area contributed by atoms with Crippen LogP contribution in [-0.4, -0.2) is 26.9 Å². The molecule has 8 heteroatoms. The summed E-state index contributed by atoms with van der Waals surface area (Å²) in [5.41, 5.74) is -1.06. The molecule has 0 fully saturated rings. The van der Waals surface area contributed by atoms with Crippen molar-refractivity contribution in [1.29, 1.82) is 0 Å². The molecule has 1 N–H and O–H groups in total. The van der Waals surface area contributed by atoms with Crippen LogP contribution in [0.5, 0.6) is 0 Å². The standard InChI is InChI=1S/C13H13F3N4O/c1-8(2)17-12(21)10-7-20(19-18-10)11-6-4-3-5-9(11)13(14,15)16/h3-8H,1-2H3,(H,17,21). The minimum atomic E-state index is -4.51. The summed E-state index contributed by atoms with van der Waals surface area (Å²) in [5.74, 6) is -0.485. The molecular formula is C13H13F3N4O. The number of amides is 1. The number of halogens is 3. The molecule has 0 saturated heterocycles. The summed E-state index contributed by atoms with van der Waals surface area (Å²) >= 11 is 0. The van der Waals surface area contributed by atoms with Crippen LogP contribution in [0.2, 0.25) is 0 Å². The molecule has 1 aromatic heterocycles. The Balaban J connectivity index is 2.37. The van der Waals surface area contributed by atoms with Crippen LogP contribution in [0.15, 0.2) is 30.5 Å². The van der Waals surface area contributed by atoms with E-state index >= 15 is 0 Å². The fraction of sp³-hybridized carbons (Fsp3) is 0.308. The van der Waals surface area contributed by atoms with Crippen molar-refractivity contribution in [2.24, 2.45) is 0 Å². The largest absolute Gasteiger partial charge is 0.418 e. The van der Waals surface area contributed by atoms with Crippen molar-refractivity contribution < 1.29 is 18.0 Å². The zero-order valence-corrected chi connectivity index (χ0v) is 11.3. The number of nitrogens with zero attached hydrogens (tertiary/aromatic N) is 3. The van der Waals surface area contributed by atoms with E-state index in [1.807, 2.05) is 0 Å². The molecule has 1 aromatic carbocycles. The quantitative estimate of drug-likeness (QED) is 0.946. The van der Waals surface area contributed by atoms with Crippen molar-refractivity contribution in [1.82, 2.24) is 20.3 Å². The lowest BCUT2D eigenvalue weighted by Gasteiger charge is -2.11. The molecule has 0 spiro atoms. The fourth-order valence-electron chi connectivity index (χ4n) is 1.73. The molecule has 5 nitrogen and oxygen atoms in total. The Morgan fingerprint density at radius 3 is 2.57 bits per heavy atom. The van der Waals surface area contributed by atoms with Crippen LogP contribution in [0.3, 0.4) is 0 Å². The maximum absolute atomic E-state index is 12.9. The highest BCUT2D eigenvalue weighted by Crippen LogP contribution is 2.33. The van der Waals surface area contributed by atoms with Crippen molar-refractivity contribution in [3.63, 3.8) is 0 Å². The maximum Gasteiger partial charge on any atom is 0.418 e. The van der Waals surface area contributed by atoms with Crippen LogP contribution in [0, 0.1) is 0 Å². The van der Waals surface area contributed by atoms with Crippen molar-refractivity contribution in [3.05, 3.63) is 41.7 Å². The third-order valence-electron chi connectivity index (χ3n) is 2.60. The lowest BCUT2D eigenvalue weighted by molar-refractivity contribution is -0.137. The Bertz CT molecular complexity index is 649. The second kappa shape index (κ2) is 5.55. The number of rotatable bonds is 3. The molecule has 0 bridgehead atoms. The molecule has 2 rings (SSSR count). The van der Waals surface area contributed by atoms with Gasteiger partial charge in [0.05, 0.1) is 17.4 Å². The molecule has 0 aliphatic carbocycles. The number of hydrogen-bond donors (Lipinski definition) is 1. The van der Waals surface area contributed by atoms with E-state index in [4.69, 9.17) is 0 Å². The smallest absolute Gasteiger partial charge is 0.348 e. The first-order valence-electron chi connectivity index (χ1n) is 6.19. The Morgan fingerprint density at radius 2 is 1.95 bits per heavy atom. The molecule has 0 radical (unpaired) electrons. The lowest BCUT2D eigenvalue weighted by Crippen LogP contribution is -2.30. The highest BCUT2D eigenvalue weighted by molar-refractivity contribution is 5.92. The molecule has 21 heavy (non-hydrogen) atoms. The molecule has 1 amide bonds. The summed E-state index contributed by atoms with van der Waals surface area (Å²) in [5, 5.41) is 9.79. The van der Waals surface area contributed by atoms with Crippen molar-refractivity contribution >= 4 is 5.91 Å². The van der Waals surface area contributed by atoms with E-state index in [1.54, 1.807) is 13.8 Å². The first-order valence-corrected chi connectivity index (χ1v) is 6.19. The molecule has 0 saturated carbocycles. The molecule has 0 atom stereocenters. The van der Waals surface area contributed by atoms with Gasteiger partial charge in [-0.15, -0.1) is 5.10 Å². The molecule has 2 aromatic rings. The minimum Gasteiger partial charge on any atom is -0.348 e. The van der Waals surface area contributed by atoms with Crippen LogP contribution >= 0.6 is 0 Å². The number of alkyl halides is 3. The highest BCUT2D eigenvalue weighted by atomic mass is 19.4. The fourth-order valence-corrected chi connectivity index (χ4v) is 1.73. The summed E-state index contributed by atoms with van der Waals surface area (Å²) in [6, 6.07) is 4.85. The number of hydrogen-bond acceptors (Lipinski definition) is 3. The van der Waals surface area contributed by atoms with Crippen molar-refractivity contribution in [3.8, 4) is 5.69 Å². The number of carbonyl (C=O) groups excluding carboxylic acids is 1.